The molecule has 0 atom stereocenters. The molecule has 38 heavy (non-hydrogen) atoms. The minimum absolute atomic E-state index is 0.0151. The lowest BCUT2D eigenvalue weighted by Gasteiger charge is -2.16. The summed E-state index contributed by atoms with van der Waals surface area (Å²) in [6, 6.07) is 15.5. The number of rotatable bonds is 10. The molecule has 0 aliphatic heterocycles. The molecule has 1 heterocycles. The first-order chi connectivity index (χ1) is 18.3. The van der Waals surface area contributed by atoms with Crippen molar-refractivity contribution in [3.63, 3.8) is 0 Å². The lowest BCUT2D eigenvalue weighted by atomic mass is 10.1. The number of carbonyl (C=O) groups is 1. The average molecular weight is 539 g/mol. The van der Waals surface area contributed by atoms with E-state index in [1.54, 1.807) is 36.4 Å². The zero-order chi connectivity index (χ0) is 27.4. The zero-order valence-corrected chi connectivity index (χ0v) is 22.2. The van der Waals surface area contributed by atoms with Gasteiger partial charge in [-0.3, -0.25) is 4.79 Å². The predicted molar refractivity (Wildman–Crippen MR) is 139 cm³/mol. The molecule has 0 aliphatic rings. The third-order valence-electron chi connectivity index (χ3n) is 5.80. The van der Waals surface area contributed by atoms with Crippen LogP contribution in [-0.4, -0.2) is 58.7 Å². The van der Waals surface area contributed by atoms with Crippen LogP contribution in [0.15, 0.2) is 71.8 Å². The van der Waals surface area contributed by atoms with Crippen molar-refractivity contribution < 1.29 is 36.9 Å². The Morgan fingerprint density at radius 1 is 0.737 bits per heavy atom. The third kappa shape index (κ3) is 4.63. The molecule has 3 aromatic carbocycles. The molecule has 0 saturated carbocycles. The van der Waals surface area contributed by atoms with E-state index in [1.165, 1.54) is 66.0 Å². The topological polar surface area (TPSA) is 115 Å². The molecule has 0 amide bonds. The second-order valence-corrected chi connectivity index (χ2v) is 9.65. The predicted octanol–water partition coefficient (Wildman–Crippen LogP) is 4.06. The van der Waals surface area contributed by atoms with Crippen molar-refractivity contribution in [1.29, 1.82) is 0 Å². The van der Waals surface area contributed by atoms with Gasteiger partial charge in [-0.1, -0.05) is 18.2 Å². The SMILES string of the molecule is COc1ccc(-c2ncc(C(=O)c3cc(OC)c(OC)c(OC)c3)n2S(=O)(=O)c2ccccc2)cc1OC. The summed E-state index contributed by atoms with van der Waals surface area (Å²) in [5.41, 5.74) is 0.321. The van der Waals surface area contributed by atoms with Crippen molar-refractivity contribution in [2.24, 2.45) is 0 Å². The van der Waals surface area contributed by atoms with Crippen LogP contribution in [0.2, 0.25) is 0 Å². The van der Waals surface area contributed by atoms with E-state index in [2.05, 4.69) is 4.98 Å². The van der Waals surface area contributed by atoms with Crippen molar-refractivity contribution in [2.45, 2.75) is 4.90 Å². The molecular formula is C27H26N2O8S. The van der Waals surface area contributed by atoms with Crippen molar-refractivity contribution in [3.05, 3.63) is 78.1 Å². The molecule has 0 aliphatic carbocycles. The highest BCUT2D eigenvalue weighted by Crippen LogP contribution is 2.39. The summed E-state index contributed by atoms with van der Waals surface area (Å²) in [6.07, 6.45) is 1.22. The zero-order valence-electron chi connectivity index (χ0n) is 21.4. The lowest BCUT2D eigenvalue weighted by molar-refractivity contribution is 0.103. The molecule has 0 N–H and O–H groups in total. The van der Waals surface area contributed by atoms with Gasteiger partial charge in [0.15, 0.2) is 28.8 Å². The summed E-state index contributed by atoms with van der Waals surface area (Å²) < 4.78 is 55.5. The van der Waals surface area contributed by atoms with Crippen LogP contribution in [0.5, 0.6) is 28.7 Å². The maximum Gasteiger partial charge on any atom is 0.270 e. The van der Waals surface area contributed by atoms with Crippen LogP contribution in [0.1, 0.15) is 16.1 Å². The Bertz CT molecular complexity index is 1560. The first-order valence-corrected chi connectivity index (χ1v) is 12.7. The molecule has 10 nitrogen and oxygen atoms in total. The molecule has 11 heteroatoms. The summed E-state index contributed by atoms with van der Waals surface area (Å²) in [4.78, 5) is 18.2. The summed E-state index contributed by atoms with van der Waals surface area (Å²) in [6.45, 7) is 0. The standard InChI is InChI=1S/C27H26N2O8S/c1-33-21-12-11-17(13-22(21)34-2)27-28-16-20(29(27)38(31,32)19-9-7-6-8-10-19)25(30)18-14-23(35-3)26(37-5)24(15-18)36-4/h6-16H,1-5H3. The smallest absolute Gasteiger partial charge is 0.270 e. The second-order valence-electron chi connectivity index (χ2n) is 7.86. The Morgan fingerprint density at radius 2 is 1.34 bits per heavy atom. The monoisotopic (exact) mass is 538 g/mol. The number of nitrogens with zero attached hydrogens (tertiary/aromatic N) is 2. The Balaban J connectivity index is 1.97. The van der Waals surface area contributed by atoms with Crippen LogP contribution in [-0.2, 0) is 10.0 Å². The van der Waals surface area contributed by atoms with Crippen LogP contribution in [0.3, 0.4) is 0 Å². The van der Waals surface area contributed by atoms with E-state index in [1.807, 2.05) is 0 Å². The Labute approximate surface area is 220 Å². The molecule has 1 aromatic heterocycles. The summed E-state index contributed by atoms with van der Waals surface area (Å²) in [7, 11) is 2.98. The van der Waals surface area contributed by atoms with Gasteiger partial charge in [0.2, 0.25) is 11.5 Å². The highest BCUT2D eigenvalue weighted by atomic mass is 32.2. The fraction of sp³-hybridized carbons (Fsp3) is 0.185. The minimum Gasteiger partial charge on any atom is -0.493 e. The highest BCUT2D eigenvalue weighted by molar-refractivity contribution is 7.90. The normalized spacial score (nSPS) is 11.1. The van der Waals surface area contributed by atoms with Crippen LogP contribution < -0.4 is 23.7 Å². The number of aromatic nitrogens is 2. The van der Waals surface area contributed by atoms with E-state index in [-0.39, 0.29) is 33.5 Å². The van der Waals surface area contributed by atoms with Crippen molar-refractivity contribution in [1.82, 2.24) is 8.96 Å². The van der Waals surface area contributed by atoms with Gasteiger partial charge in [-0.15, -0.1) is 0 Å². The van der Waals surface area contributed by atoms with Crippen LogP contribution in [0.25, 0.3) is 11.4 Å². The van der Waals surface area contributed by atoms with Gasteiger partial charge in [0.05, 0.1) is 46.6 Å². The van der Waals surface area contributed by atoms with Crippen molar-refractivity contribution in [3.8, 4) is 40.1 Å². The van der Waals surface area contributed by atoms with E-state index < -0.39 is 15.8 Å². The number of carbonyl (C=O) groups excluding carboxylic acids is 1. The van der Waals surface area contributed by atoms with Crippen LogP contribution in [0, 0.1) is 0 Å². The number of ether oxygens (including phenoxy) is 5. The third-order valence-corrected chi connectivity index (χ3v) is 7.52. The van der Waals surface area contributed by atoms with E-state index in [0.717, 1.165) is 3.97 Å². The fourth-order valence-corrected chi connectivity index (χ4v) is 5.44. The van der Waals surface area contributed by atoms with Gasteiger partial charge < -0.3 is 23.7 Å². The molecule has 0 bridgehead atoms. The van der Waals surface area contributed by atoms with Gasteiger partial charge in [0.25, 0.3) is 10.0 Å². The summed E-state index contributed by atoms with van der Waals surface area (Å²) >= 11 is 0. The number of hydrogen-bond donors (Lipinski definition) is 0. The van der Waals surface area contributed by atoms with Gasteiger partial charge in [-0.2, -0.15) is 0 Å². The quantitative estimate of drug-likeness (QED) is 0.276. The fourth-order valence-electron chi connectivity index (χ4n) is 3.96. The van der Waals surface area contributed by atoms with Crippen LogP contribution >= 0.6 is 0 Å². The van der Waals surface area contributed by atoms with E-state index in [4.69, 9.17) is 23.7 Å². The molecule has 4 aromatic rings. The maximum atomic E-state index is 13.9. The molecule has 198 valence electrons. The van der Waals surface area contributed by atoms with E-state index in [9.17, 15) is 13.2 Å². The molecule has 0 saturated heterocycles. The lowest BCUT2D eigenvalue weighted by Crippen LogP contribution is -2.20. The Hall–Kier alpha value is -4.51. The largest absolute Gasteiger partial charge is 0.493 e. The van der Waals surface area contributed by atoms with Crippen molar-refractivity contribution in [2.75, 3.05) is 35.5 Å². The highest BCUT2D eigenvalue weighted by Gasteiger charge is 2.30. The van der Waals surface area contributed by atoms with Gasteiger partial charge in [-0.25, -0.2) is 17.4 Å². The minimum atomic E-state index is -4.26. The molecule has 0 spiro atoms. The molecule has 0 fully saturated rings. The molecule has 0 unspecified atom stereocenters. The summed E-state index contributed by atoms with van der Waals surface area (Å²) in [5, 5.41) is 0. The van der Waals surface area contributed by atoms with E-state index in [0.29, 0.717) is 22.8 Å². The maximum absolute atomic E-state index is 13.9. The van der Waals surface area contributed by atoms with Gasteiger partial charge in [0.1, 0.15) is 5.69 Å². The molecular weight excluding hydrogens is 512 g/mol. The van der Waals surface area contributed by atoms with Gasteiger partial charge >= 0.3 is 0 Å². The average Bonchev–Trinajstić information content (AvgIpc) is 3.42. The first-order valence-electron chi connectivity index (χ1n) is 11.3. The summed E-state index contributed by atoms with van der Waals surface area (Å²) in [5.74, 6) is 0.999. The Morgan fingerprint density at radius 3 is 1.89 bits per heavy atom. The number of hydrogen-bond acceptors (Lipinski definition) is 9. The van der Waals surface area contributed by atoms with E-state index >= 15 is 0 Å². The van der Waals surface area contributed by atoms with Crippen LogP contribution in [0.4, 0.5) is 0 Å². The number of ketones is 1. The first kappa shape index (κ1) is 26.6. The second kappa shape index (κ2) is 10.9. The number of imidazole rings is 1. The number of benzene rings is 3. The molecule has 0 radical (unpaired) electrons. The van der Waals surface area contributed by atoms with Gasteiger partial charge in [-0.05, 0) is 42.5 Å². The molecule has 4 rings (SSSR count). The van der Waals surface area contributed by atoms with Crippen molar-refractivity contribution >= 4 is 15.8 Å². The number of methoxy groups -OCH3 is 5. The van der Waals surface area contributed by atoms with Gasteiger partial charge in [0, 0.05) is 11.1 Å². The Kier molecular flexibility index (Phi) is 7.58.